The normalized spacial score (nSPS) is 18.6. The molecule has 0 radical (unpaired) electrons. The number of ether oxygens (including phenoxy) is 1. The molecule has 146 valence electrons. The first-order chi connectivity index (χ1) is 13.3. The zero-order chi connectivity index (χ0) is 20.1. The van der Waals surface area contributed by atoms with Crippen LogP contribution in [0.4, 0.5) is 0 Å². The smallest absolute Gasteiger partial charge is 0.327 e. The number of hydrogen-bond donors (Lipinski definition) is 1. The molecule has 1 aliphatic carbocycles. The van der Waals surface area contributed by atoms with Gasteiger partial charge in [-0.25, -0.2) is 8.42 Å². The molecule has 28 heavy (non-hydrogen) atoms. The lowest BCUT2D eigenvalue weighted by Crippen LogP contribution is -2.51. The third-order valence-corrected chi connectivity index (χ3v) is 8.84. The van der Waals surface area contributed by atoms with Crippen molar-refractivity contribution in [3.63, 3.8) is 0 Å². The lowest BCUT2D eigenvalue weighted by molar-refractivity contribution is -0.144. The molecule has 1 aromatic heterocycles. The summed E-state index contributed by atoms with van der Waals surface area (Å²) in [6.07, 6.45) is 0.961. The third-order valence-electron chi connectivity index (χ3n) is 5.84. The Morgan fingerprint density at radius 1 is 1.18 bits per heavy atom. The Hall–Kier alpha value is -2.12. The number of aromatic amines is 1. The number of aromatic nitrogens is 1. The average molecular weight is 462 g/mol. The molecule has 0 saturated heterocycles. The molecule has 1 aliphatic rings. The monoisotopic (exact) mass is 461 g/mol. The van der Waals surface area contributed by atoms with Gasteiger partial charge in [-0.1, -0.05) is 34.1 Å². The Labute approximate surface area is 172 Å². The summed E-state index contributed by atoms with van der Waals surface area (Å²) in [4.78, 5) is 16.3. The van der Waals surface area contributed by atoms with Crippen LogP contribution in [-0.2, 0) is 32.2 Å². The molecule has 1 N–H and O–H groups in total. The molecule has 0 fully saturated rings. The average Bonchev–Trinajstić information content (AvgIpc) is 3.25. The highest BCUT2D eigenvalue weighted by atomic mass is 79.9. The van der Waals surface area contributed by atoms with Crippen molar-refractivity contribution in [3.8, 4) is 0 Å². The van der Waals surface area contributed by atoms with Crippen LogP contribution in [0.3, 0.4) is 0 Å². The van der Waals surface area contributed by atoms with Crippen LogP contribution < -0.4 is 0 Å². The van der Waals surface area contributed by atoms with E-state index >= 15 is 0 Å². The molecule has 0 amide bonds. The summed E-state index contributed by atoms with van der Waals surface area (Å²) in [7, 11) is -2.71. The summed E-state index contributed by atoms with van der Waals surface area (Å²) < 4.78 is 31.3. The maximum absolute atomic E-state index is 13.5. The van der Waals surface area contributed by atoms with Gasteiger partial charge in [-0.3, -0.25) is 4.79 Å². The van der Waals surface area contributed by atoms with Gasteiger partial charge < -0.3 is 9.72 Å². The summed E-state index contributed by atoms with van der Waals surface area (Å²) in [5.74, 6) is -1.15. The van der Waals surface area contributed by atoms with Gasteiger partial charge in [0.1, 0.15) is 0 Å². The number of methoxy groups -OCH3 is 1. The van der Waals surface area contributed by atoms with Gasteiger partial charge in [0.15, 0.2) is 14.6 Å². The molecule has 0 bridgehead atoms. The first-order valence-electron chi connectivity index (χ1n) is 8.96. The van der Waals surface area contributed by atoms with Crippen LogP contribution in [0.1, 0.15) is 18.2 Å². The number of nitrogens with one attached hydrogen (secondary N) is 1. The van der Waals surface area contributed by atoms with E-state index in [1.165, 1.54) is 26.2 Å². The van der Waals surface area contributed by atoms with Crippen molar-refractivity contribution in [2.75, 3.05) is 7.11 Å². The molecule has 2 unspecified atom stereocenters. The molecule has 2 atom stereocenters. The Morgan fingerprint density at radius 3 is 2.57 bits per heavy atom. The summed E-state index contributed by atoms with van der Waals surface area (Å²) >= 11 is 3.49. The number of rotatable bonds is 4. The van der Waals surface area contributed by atoms with Crippen molar-refractivity contribution in [3.05, 3.63) is 64.3 Å². The van der Waals surface area contributed by atoms with E-state index in [2.05, 4.69) is 20.9 Å². The minimum absolute atomic E-state index is 0.131. The maximum Gasteiger partial charge on any atom is 0.327 e. The van der Waals surface area contributed by atoms with Gasteiger partial charge in [0.2, 0.25) is 0 Å². The van der Waals surface area contributed by atoms with E-state index in [9.17, 15) is 13.2 Å². The van der Waals surface area contributed by atoms with Crippen molar-refractivity contribution >= 4 is 42.6 Å². The minimum Gasteiger partial charge on any atom is -0.468 e. The number of hydrogen-bond acceptors (Lipinski definition) is 4. The highest BCUT2D eigenvalue weighted by Crippen LogP contribution is 2.44. The molecule has 7 heteroatoms. The predicted octanol–water partition coefficient (Wildman–Crippen LogP) is 4.05. The van der Waals surface area contributed by atoms with Crippen LogP contribution in [0.2, 0.25) is 0 Å². The second-order valence-electron chi connectivity index (χ2n) is 7.29. The number of carbonyl (C=O) groups excluding carboxylic acids is 1. The van der Waals surface area contributed by atoms with Crippen LogP contribution in [0.15, 0.2) is 57.9 Å². The van der Waals surface area contributed by atoms with Gasteiger partial charge >= 0.3 is 5.97 Å². The van der Waals surface area contributed by atoms with Crippen LogP contribution in [0.25, 0.3) is 10.9 Å². The van der Waals surface area contributed by atoms with Crippen LogP contribution >= 0.6 is 15.9 Å². The van der Waals surface area contributed by atoms with Crippen LogP contribution in [0, 0.1) is 5.92 Å². The Balaban J connectivity index is 1.81. The molecule has 1 heterocycles. The lowest BCUT2D eigenvalue weighted by atomic mass is 9.90. The molecular weight excluding hydrogens is 442 g/mol. The van der Waals surface area contributed by atoms with E-state index in [0.717, 1.165) is 26.6 Å². The Bertz CT molecular complexity index is 1170. The van der Waals surface area contributed by atoms with Crippen molar-refractivity contribution in [1.82, 2.24) is 4.98 Å². The number of sulfone groups is 1. The predicted molar refractivity (Wildman–Crippen MR) is 111 cm³/mol. The van der Waals surface area contributed by atoms with E-state index in [4.69, 9.17) is 4.74 Å². The Kier molecular flexibility index (Phi) is 4.62. The number of carbonyl (C=O) groups is 1. The van der Waals surface area contributed by atoms with Gasteiger partial charge in [0.25, 0.3) is 0 Å². The Morgan fingerprint density at radius 2 is 1.89 bits per heavy atom. The van der Waals surface area contributed by atoms with E-state index in [1.807, 2.05) is 18.2 Å². The van der Waals surface area contributed by atoms with E-state index in [1.54, 1.807) is 18.2 Å². The molecule has 0 saturated carbocycles. The van der Waals surface area contributed by atoms with Crippen LogP contribution in [0.5, 0.6) is 0 Å². The second kappa shape index (κ2) is 6.74. The largest absolute Gasteiger partial charge is 0.468 e. The number of fused-ring (bicyclic) bond motifs is 3. The van der Waals surface area contributed by atoms with Crippen LogP contribution in [-0.4, -0.2) is 31.2 Å². The highest BCUT2D eigenvalue weighted by molar-refractivity contribution is 9.10. The summed E-state index contributed by atoms with van der Waals surface area (Å²) in [5.41, 5.74) is 3.06. The third kappa shape index (κ3) is 2.71. The molecule has 2 aromatic carbocycles. The fourth-order valence-electron chi connectivity index (χ4n) is 4.18. The highest BCUT2D eigenvalue weighted by Gasteiger charge is 2.55. The van der Waals surface area contributed by atoms with E-state index in [0.29, 0.717) is 12.8 Å². The van der Waals surface area contributed by atoms with Crippen molar-refractivity contribution in [1.29, 1.82) is 0 Å². The standard InChI is InChI=1S/C21H20BrNO4S/c1-21(20(24)27-2,28(25,26)15-6-4-3-5-7-15)13-10-16-17-12-14(22)8-9-18(17)23-19(16)11-13/h3-9,12-13,23H,10-11H2,1-2H3. The maximum atomic E-state index is 13.5. The number of esters is 1. The minimum atomic E-state index is -3.95. The lowest BCUT2D eigenvalue weighted by Gasteiger charge is -2.32. The SMILES string of the molecule is COC(=O)C(C)(C1Cc2[nH]c3ccc(Br)cc3c2C1)S(=O)(=O)c1ccccc1. The number of H-pyrrole nitrogens is 1. The fraction of sp³-hybridized carbons (Fsp3) is 0.286. The van der Waals surface area contributed by atoms with Crippen molar-refractivity contribution < 1.29 is 17.9 Å². The second-order valence-corrected chi connectivity index (χ2v) is 10.5. The van der Waals surface area contributed by atoms with E-state index in [-0.39, 0.29) is 4.90 Å². The molecule has 5 nitrogen and oxygen atoms in total. The van der Waals surface area contributed by atoms with Gasteiger partial charge in [0.05, 0.1) is 12.0 Å². The van der Waals surface area contributed by atoms with Gasteiger partial charge in [-0.05, 0) is 61.6 Å². The van der Waals surface area contributed by atoms with Crippen molar-refractivity contribution in [2.45, 2.75) is 29.4 Å². The van der Waals surface area contributed by atoms with Crippen molar-refractivity contribution in [2.24, 2.45) is 5.92 Å². The quantitative estimate of drug-likeness (QED) is 0.594. The summed E-state index contributed by atoms with van der Waals surface area (Å²) in [5, 5.41) is 1.05. The van der Waals surface area contributed by atoms with Gasteiger partial charge in [0, 0.05) is 21.1 Å². The molecular formula is C21H20BrNO4S. The molecule has 0 spiro atoms. The molecule has 3 aromatic rings. The number of benzene rings is 2. The summed E-state index contributed by atoms with van der Waals surface area (Å²) in [6.45, 7) is 1.50. The van der Waals surface area contributed by atoms with Gasteiger partial charge in [-0.2, -0.15) is 0 Å². The summed E-state index contributed by atoms with van der Waals surface area (Å²) in [6, 6.07) is 14.1. The topological polar surface area (TPSA) is 76.2 Å². The molecule has 4 rings (SSSR count). The van der Waals surface area contributed by atoms with E-state index < -0.39 is 26.5 Å². The zero-order valence-electron chi connectivity index (χ0n) is 15.5. The zero-order valence-corrected chi connectivity index (χ0v) is 17.9. The molecule has 0 aliphatic heterocycles. The number of halogens is 1. The first-order valence-corrected chi connectivity index (χ1v) is 11.2. The van der Waals surface area contributed by atoms with Gasteiger partial charge in [-0.15, -0.1) is 0 Å². The fourth-order valence-corrected chi connectivity index (χ4v) is 6.45. The first kappa shape index (κ1) is 19.2.